The third kappa shape index (κ3) is 4.42. The molecule has 0 bridgehead atoms. The Kier molecular flexibility index (Phi) is 6.25. The highest BCUT2D eigenvalue weighted by molar-refractivity contribution is 5.96. The molecular weight excluding hydrogens is 334 g/mol. The molecule has 1 fully saturated rings. The Bertz CT molecular complexity index is 725. The first-order valence-corrected chi connectivity index (χ1v) is 8.93. The van der Waals surface area contributed by atoms with Crippen molar-refractivity contribution in [2.24, 2.45) is 0 Å². The Hall–Kier alpha value is -2.38. The van der Waals surface area contributed by atoms with Gasteiger partial charge in [-0.25, -0.2) is 4.98 Å². The summed E-state index contributed by atoms with van der Waals surface area (Å²) in [6.45, 7) is 7.65. The number of hydrogen-bond acceptors (Lipinski definition) is 6. The van der Waals surface area contributed by atoms with Crippen molar-refractivity contribution >= 4 is 5.91 Å². The van der Waals surface area contributed by atoms with Crippen molar-refractivity contribution in [3.63, 3.8) is 0 Å². The van der Waals surface area contributed by atoms with E-state index in [0.29, 0.717) is 37.8 Å². The van der Waals surface area contributed by atoms with Gasteiger partial charge in [0.25, 0.3) is 5.91 Å². The molecule has 1 amide bonds. The number of carbonyl (C=O) groups excluding carboxylic acids is 1. The van der Waals surface area contributed by atoms with Crippen LogP contribution in [0.3, 0.4) is 0 Å². The summed E-state index contributed by atoms with van der Waals surface area (Å²) in [6.07, 6.45) is 1.62. The van der Waals surface area contributed by atoms with Crippen LogP contribution < -0.4 is 10.1 Å². The summed E-state index contributed by atoms with van der Waals surface area (Å²) in [6, 6.07) is 7.32. The molecule has 1 aliphatic rings. The summed E-state index contributed by atoms with van der Waals surface area (Å²) in [5, 5.41) is 3.00. The fraction of sp³-hybridized carbons (Fsp3) is 0.474. The average Bonchev–Trinajstić information content (AvgIpc) is 3.09. The minimum absolute atomic E-state index is 0.0382. The zero-order valence-corrected chi connectivity index (χ0v) is 15.2. The molecule has 1 saturated heterocycles. The van der Waals surface area contributed by atoms with Crippen LogP contribution >= 0.6 is 0 Å². The highest BCUT2D eigenvalue weighted by atomic mass is 16.5. The number of nitrogens with one attached hydrogen (secondary N) is 1. The maximum Gasteiger partial charge on any atom is 0.256 e. The molecule has 0 radical (unpaired) electrons. The molecule has 7 nitrogen and oxygen atoms in total. The van der Waals surface area contributed by atoms with Gasteiger partial charge >= 0.3 is 0 Å². The van der Waals surface area contributed by atoms with E-state index >= 15 is 0 Å². The summed E-state index contributed by atoms with van der Waals surface area (Å²) in [5.74, 6) is 1.85. The lowest BCUT2D eigenvalue weighted by Gasteiger charge is -2.33. The Balaban J connectivity index is 1.72. The number of pyridine rings is 1. The van der Waals surface area contributed by atoms with Gasteiger partial charge in [-0.05, 0) is 38.1 Å². The molecule has 2 aromatic heterocycles. The van der Waals surface area contributed by atoms with Gasteiger partial charge in [0.15, 0.2) is 0 Å². The number of carbonyl (C=O) groups is 1. The number of ether oxygens (including phenoxy) is 2. The molecule has 3 heterocycles. The second-order valence-electron chi connectivity index (χ2n) is 6.11. The van der Waals surface area contributed by atoms with Crippen molar-refractivity contribution in [1.29, 1.82) is 0 Å². The normalized spacial score (nSPS) is 16.2. The fourth-order valence-electron chi connectivity index (χ4n) is 3.03. The van der Waals surface area contributed by atoms with Gasteiger partial charge in [0.05, 0.1) is 25.9 Å². The van der Waals surface area contributed by atoms with Crippen molar-refractivity contribution in [1.82, 2.24) is 15.2 Å². The van der Waals surface area contributed by atoms with Crippen molar-refractivity contribution in [3.05, 3.63) is 47.5 Å². The van der Waals surface area contributed by atoms with Crippen molar-refractivity contribution < 1.29 is 18.7 Å². The molecular formula is C19H25N3O4. The summed E-state index contributed by atoms with van der Waals surface area (Å²) in [4.78, 5) is 19.1. The predicted octanol–water partition coefficient (Wildman–Crippen LogP) is 2.19. The lowest BCUT2D eigenvalue weighted by atomic mass is 10.1. The number of rotatable bonds is 7. The van der Waals surface area contributed by atoms with Gasteiger partial charge in [0.1, 0.15) is 17.1 Å². The fourth-order valence-corrected chi connectivity index (χ4v) is 3.03. The number of morpholine rings is 1. The Labute approximate surface area is 153 Å². The summed E-state index contributed by atoms with van der Waals surface area (Å²) < 4.78 is 16.7. The van der Waals surface area contributed by atoms with Crippen LogP contribution in [0.15, 0.2) is 34.9 Å². The minimum Gasteiger partial charge on any atom is -0.477 e. The largest absolute Gasteiger partial charge is 0.477 e. The minimum atomic E-state index is -0.205. The Morgan fingerprint density at radius 3 is 2.85 bits per heavy atom. The summed E-state index contributed by atoms with van der Waals surface area (Å²) in [5.41, 5.74) is 0.436. The standard InChI is InChI=1S/C19H25N3O4/c1-3-25-19-15(5-4-8-20-19)18(23)21-13-16(17-7-6-14(2)26-17)22-9-11-24-12-10-22/h4-8,16H,3,9-13H2,1-2H3,(H,21,23)/t16-/m0/s1. The van der Waals surface area contributed by atoms with Crippen LogP contribution in [0.1, 0.15) is 34.8 Å². The topological polar surface area (TPSA) is 76.8 Å². The molecule has 1 N–H and O–H groups in total. The number of aromatic nitrogens is 1. The monoisotopic (exact) mass is 359 g/mol. The van der Waals surface area contributed by atoms with Gasteiger partial charge in [-0.3, -0.25) is 9.69 Å². The molecule has 2 aromatic rings. The Morgan fingerprint density at radius 2 is 2.15 bits per heavy atom. The van der Waals surface area contributed by atoms with E-state index in [2.05, 4.69) is 15.2 Å². The van der Waals surface area contributed by atoms with Crippen LogP contribution in [-0.4, -0.2) is 55.2 Å². The SMILES string of the molecule is CCOc1ncccc1C(=O)NC[C@@H](c1ccc(C)o1)N1CCOCC1. The quantitative estimate of drug-likeness (QED) is 0.817. The molecule has 1 aliphatic heterocycles. The number of hydrogen-bond donors (Lipinski definition) is 1. The molecule has 0 saturated carbocycles. The zero-order valence-electron chi connectivity index (χ0n) is 15.2. The van der Waals surface area contributed by atoms with Crippen molar-refractivity contribution in [2.75, 3.05) is 39.5 Å². The van der Waals surface area contributed by atoms with Gasteiger partial charge in [0.2, 0.25) is 5.88 Å². The molecule has 0 unspecified atom stereocenters. The molecule has 0 aliphatic carbocycles. The highest BCUT2D eigenvalue weighted by Gasteiger charge is 2.26. The maximum absolute atomic E-state index is 12.7. The van der Waals surface area contributed by atoms with E-state index in [4.69, 9.17) is 13.9 Å². The maximum atomic E-state index is 12.7. The molecule has 3 rings (SSSR count). The van der Waals surface area contributed by atoms with E-state index in [-0.39, 0.29) is 11.9 Å². The lowest BCUT2D eigenvalue weighted by Crippen LogP contribution is -2.43. The van der Waals surface area contributed by atoms with E-state index in [1.807, 2.05) is 26.0 Å². The van der Waals surface area contributed by atoms with Crippen molar-refractivity contribution in [2.45, 2.75) is 19.9 Å². The van der Waals surface area contributed by atoms with Crippen LogP contribution in [0, 0.1) is 6.92 Å². The third-order valence-electron chi connectivity index (χ3n) is 4.33. The number of furan rings is 1. The van der Waals surface area contributed by atoms with E-state index in [1.54, 1.807) is 18.3 Å². The average molecular weight is 359 g/mol. The van der Waals surface area contributed by atoms with Crippen LogP contribution in [0.5, 0.6) is 5.88 Å². The number of amides is 1. The molecule has 140 valence electrons. The Morgan fingerprint density at radius 1 is 1.35 bits per heavy atom. The first-order chi connectivity index (χ1) is 12.7. The van der Waals surface area contributed by atoms with E-state index in [0.717, 1.165) is 24.6 Å². The highest BCUT2D eigenvalue weighted by Crippen LogP contribution is 2.24. The van der Waals surface area contributed by atoms with E-state index in [1.165, 1.54) is 0 Å². The van der Waals surface area contributed by atoms with Crippen molar-refractivity contribution in [3.8, 4) is 5.88 Å². The molecule has 0 spiro atoms. The number of nitrogens with zero attached hydrogens (tertiary/aromatic N) is 2. The molecule has 1 atom stereocenters. The van der Waals surface area contributed by atoms with Crippen LogP contribution in [0.4, 0.5) is 0 Å². The first-order valence-electron chi connectivity index (χ1n) is 8.93. The number of aryl methyl sites for hydroxylation is 1. The van der Waals surface area contributed by atoms with Crippen LogP contribution in [0.25, 0.3) is 0 Å². The van der Waals surface area contributed by atoms with Crippen LogP contribution in [0.2, 0.25) is 0 Å². The molecule has 26 heavy (non-hydrogen) atoms. The summed E-state index contributed by atoms with van der Waals surface area (Å²) >= 11 is 0. The molecule has 7 heteroatoms. The summed E-state index contributed by atoms with van der Waals surface area (Å²) in [7, 11) is 0. The van der Waals surface area contributed by atoms with Gasteiger partial charge in [-0.1, -0.05) is 0 Å². The van der Waals surface area contributed by atoms with Gasteiger partial charge in [-0.15, -0.1) is 0 Å². The van der Waals surface area contributed by atoms with E-state index < -0.39 is 0 Å². The van der Waals surface area contributed by atoms with Crippen LogP contribution in [-0.2, 0) is 4.74 Å². The van der Waals surface area contributed by atoms with Gasteiger partial charge in [0, 0.05) is 25.8 Å². The molecule has 0 aromatic carbocycles. The van der Waals surface area contributed by atoms with Gasteiger partial charge < -0.3 is 19.2 Å². The smallest absolute Gasteiger partial charge is 0.256 e. The van der Waals surface area contributed by atoms with E-state index in [9.17, 15) is 4.79 Å². The second-order valence-corrected chi connectivity index (χ2v) is 6.11. The van der Waals surface area contributed by atoms with Gasteiger partial charge in [-0.2, -0.15) is 0 Å². The zero-order chi connectivity index (χ0) is 18.4. The first kappa shape index (κ1) is 18.4. The second kappa shape index (κ2) is 8.82. The third-order valence-corrected chi connectivity index (χ3v) is 4.33. The predicted molar refractivity (Wildman–Crippen MR) is 96.3 cm³/mol. The lowest BCUT2D eigenvalue weighted by molar-refractivity contribution is 0.0117.